The summed E-state index contributed by atoms with van der Waals surface area (Å²) in [5, 5.41) is 13.1. The van der Waals surface area contributed by atoms with Gasteiger partial charge >= 0.3 is 5.97 Å². The van der Waals surface area contributed by atoms with Gasteiger partial charge in [0.05, 0.1) is 0 Å². The molecule has 0 aliphatic carbocycles. The van der Waals surface area contributed by atoms with Gasteiger partial charge in [-0.25, -0.2) is 4.79 Å². The van der Waals surface area contributed by atoms with Gasteiger partial charge in [-0.15, -0.1) is 6.42 Å². The summed E-state index contributed by atoms with van der Waals surface area (Å²) >= 11 is 0. The van der Waals surface area contributed by atoms with Gasteiger partial charge in [-0.2, -0.15) is 0 Å². The summed E-state index contributed by atoms with van der Waals surface area (Å²) in [6.45, 7) is 1.21. The first kappa shape index (κ1) is 16.9. The number of terminal acetylenes is 1. The molecule has 0 saturated carbocycles. The van der Waals surface area contributed by atoms with Crippen LogP contribution in [0.15, 0.2) is 46.9 Å². The van der Waals surface area contributed by atoms with E-state index in [-0.39, 0.29) is 12.3 Å². The first-order valence-electron chi connectivity index (χ1n) is 6.95. The SMILES string of the molecule is C#CC1C(N=[N+]=[N-])C(=O)N1/C(C(=O)OCc1ccccc1)=C(\C)O. The molecule has 1 saturated heterocycles. The largest absolute Gasteiger partial charge is 0.510 e. The molecule has 2 rings (SSSR count). The zero-order valence-electron chi connectivity index (χ0n) is 12.8. The van der Waals surface area contributed by atoms with Crippen LogP contribution in [0.1, 0.15) is 12.5 Å². The monoisotopic (exact) mass is 326 g/mol. The second-order valence-corrected chi connectivity index (χ2v) is 4.97. The Balaban J connectivity index is 2.17. The Morgan fingerprint density at radius 3 is 2.71 bits per heavy atom. The zero-order valence-corrected chi connectivity index (χ0v) is 12.8. The van der Waals surface area contributed by atoms with Crippen molar-refractivity contribution in [2.24, 2.45) is 5.11 Å². The molecule has 1 fully saturated rings. The molecule has 8 nitrogen and oxygen atoms in total. The summed E-state index contributed by atoms with van der Waals surface area (Å²) in [6.07, 6.45) is 5.33. The summed E-state index contributed by atoms with van der Waals surface area (Å²) < 4.78 is 5.12. The van der Waals surface area contributed by atoms with E-state index in [1.54, 1.807) is 24.3 Å². The van der Waals surface area contributed by atoms with E-state index in [1.807, 2.05) is 6.07 Å². The van der Waals surface area contributed by atoms with Crippen LogP contribution in [-0.2, 0) is 20.9 Å². The molecule has 1 amide bonds. The van der Waals surface area contributed by atoms with Crippen LogP contribution in [-0.4, -0.2) is 34.0 Å². The highest BCUT2D eigenvalue weighted by molar-refractivity contribution is 6.00. The molecule has 1 N–H and O–H groups in total. The molecule has 122 valence electrons. The number of azide groups is 1. The highest BCUT2D eigenvalue weighted by Crippen LogP contribution is 2.29. The van der Waals surface area contributed by atoms with Gasteiger partial charge in [-0.1, -0.05) is 41.4 Å². The third kappa shape index (κ3) is 3.16. The van der Waals surface area contributed by atoms with Gasteiger partial charge in [0.15, 0.2) is 5.70 Å². The lowest BCUT2D eigenvalue weighted by Gasteiger charge is -2.42. The molecule has 1 aliphatic heterocycles. The van der Waals surface area contributed by atoms with E-state index in [4.69, 9.17) is 16.7 Å². The molecule has 0 bridgehead atoms. The minimum Gasteiger partial charge on any atom is -0.510 e. The minimum atomic E-state index is -1.10. The Kier molecular flexibility index (Phi) is 5.09. The third-order valence-electron chi connectivity index (χ3n) is 3.40. The number of β-lactam (4-membered cyclic amide) rings is 1. The molecule has 1 aromatic carbocycles. The van der Waals surface area contributed by atoms with Crippen molar-refractivity contribution in [2.45, 2.75) is 25.6 Å². The number of carbonyl (C=O) groups excluding carboxylic acids is 2. The standard InChI is InChI=1S/C16H14N4O4/c1-3-12-13(18-19-17)15(22)20(12)14(10(2)21)16(23)24-9-11-7-5-4-6-8-11/h1,4-8,12-13,21H,9H2,2H3/b14-10+. The van der Waals surface area contributed by atoms with E-state index in [9.17, 15) is 14.7 Å². The van der Waals surface area contributed by atoms with E-state index in [0.29, 0.717) is 0 Å². The fraction of sp³-hybridized carbons (Fsp3) is 0.250. The van der Waals surface area contributed by atoms with Gasteiger partial charge in [-0.3, -0.25) is 9.69 Å². The normalized spacial score (nSPS) is 20.2. The number of likely N-dealkylation sites (tertiary alicyclic amines) is 1. The maximum absolute atomic E-state index is 12.3. The van der Waals surface area contributed by atoms with Crippen LogP contribution in [0.4, 0.5) is 0 Å². The van der Waals surface area contributed by atoms with E-state index >= 15 is 0 Å². The van der Waals surface area contributed by atoms with Gasteiger partial charge < -0.3 is 9.84 Å². The Hall–Kier alpha value is -3.43. The highest BCUT2D eigenvalue weighted by Gasteiger charge is 2.50. The molecule has 0 aromatic heterocycles. The first-order chi connectivity index (χ1) is 11.5. The van der Waals surface area contributed by atoms with Crippen molar-refractivity contribution in [2.75, 3.05) is 0 Å². The lowest BCUT2D eigenvalue weighted by molar-refractivity contribution is -0.152. The third-order valence-corrected chi connectivity index (χ3v) is 3.40. The van der Waals surface area contributed by atoms with Crippen LogP contribution in [0.25, 0.3) is 10.4 Å². The van der Waals surface area contributed by atoms with E-state index < -0.39 is 29.7 Å². The van der Waals surface area contributed by atoms with Crippen LogP contribution in [0.3, 0.4) is 0 Å². The number of amides is 1. The number of hydrogen-bond acceptors (Lipinski definition) is 5. The lowest BCUT2D eigenvalue weighted by atomic mass is 9.95. The van der Waals surface area contributed by atoms with Crippen molar-refractivity contribution in [3.8, 4) is 12.3 Å². The average Bonchev–Trinajstić information content (AvgIpc) is 2.58. The summed E-state index contributed by atoms with van der Waals surface area (Å²) in [4.78, 5) is 27.8. The summed E-state index contributed by atoms with van der Waals surface area (Å²) in [5.74, 6) is 0.285. The molecule has 2 unspecified atom stereocenters. The second kappa shape index (κ2) is 7.22. The Labute approximate surface area is 138 Å². The number of rotatable bonds is 5. The topological polar surface area (TPSA) is 116 Å². The molecule has 0 radical (unpaired) electrons. The van der Waals surface area contributed by atoms with Gasteiger partial charge in [0, 0.05) is 4.91 Å². The number of aliphatic hydroxyl groups is 1. The average molecular weight is 326 g/mol. The highest BCUT2D eigenvalue weighted by atomic mass is 16.5. The van der Waals surface area contributed by atoms with Gasteiger partial charge in [-0.05, 0) is 18.0 Å². The number of benzene rings is 1. The summed E-state index contributed by atoms with van der Waals surface area (Å²) in [6, 6.07) is 6.87. The van der Waals surface area contributed by atoms with E-state index in [0.717, 1.165) is 10.5 Å². The second-order valence-electron chi connectivity index (χ2n) is 4.97. The number of ether oxygens (including phenoxy) is 1. The number of aliphatic hydroxyl groups excluding tert-OH is 1. The lowest BCUT2D eigenvalue weighted by Crippen LogP contribution is -2.63. The number of esters is 1. The van der Waals surface area contributed by atoms with Crippen molar-refractivity contribution in [1.29, 1.82) is 0 Å². The summed E-state index contributed by atoms with van der Waals surface area (Å²) in [7, 11) is 0. The molecule has 0 spiro atoms. The van der Waals surface area contributed by atoms with Crippen LogP contribution in [0, 0.1) is 12.3 Å². The van der Waals surface area contributed by atoms with Crippen LogP contribution in [0.5, 0.6) is 0 Å². The Bertz CT molecular complexity index is 771. The molecule has 24 heavy (non-hydrogen) atoms. The Morgan fingerprint density at radius 1 is 1.50 bits per heavy atom. The molecule has 2 atom stereocenters. The van der Waals surface area contributed by atoms with Gasteiger partial charge in [0.1, 0.15) is 24.4 Å². The quantitative estimate of drug-likeness (QED) is 0.130. The maximum Gasteiger partial charge on any atom is 0.358 e. The fourth-order valence-corrected chi connectivity index (χ4v) is 2.27. The minimum absolute atomic E-state index is 0.0288. The van der Waals surface area contributed by atoms with Crippen molar-refractivity contribution in [1.82, 2.24) is 4.90 Å². The van der Waals surface area contributed by atoms with Crippen LogP contribution in [0.2, 0.25) is 0 Å². The Morgan fingerprint density at radius 2 is 2.17 bits per heavy atom. The molecule has 1 aliphatic rings. The van der Waals surface area contributed by atoms with Crippen LogP contribution >= 0.6 is 0 Å². The smallest absolute Gasteiger partial charge is 0.358 e. The number of allylic oxidation sites excluding steroid dienone is 1. The van der Waals surface area contributed by atoms with Crippen molar-refractivity contribution >= 4 is 11.9 Å². The zero-order chi connectivity index (χ0) is 17.7. The van der Waals surface area contributed by atoms with Gasteiger partial charge in [0.25, 0.3) is 0 Å². The van der Waals surface area contributed by atoms with Crippen molar-refractivity contribution < 1.29 is 19.4 Å². The van der Waals surface area contributed by atoms with E-state index in [1.165, 1.54) is 6.92 Å². The van der Waals surface area contributed by atoms with Gasteiger partial charge in [0.2, 0.25) is 5.91 Å². The predicted molar refractivity (Wildman–Crippen MR) is 84.0 cm³/mol. The number of hydrogen-bond donors (Lipinski definition) is 1. The van der Waals surface area contributed by atoms with E-state index in [2.05, 4.69) is 15.9 Å². The molecular formula is C16H14N4O4. The predicted octanol–water partition coefficient (Wildman–Crippen LogP) is 2.04. The summed E-state index contributed by atoms with van der Waals surface area (Å²) in [5.41, 5.74) is 8.84. The molecular weight excluding hydrogens is 312 g/mol. The molecule has 1 heterocycles. The van der Waals surface area contributed by atoms with Crippen LogP contribution < -0.4 is 0 Å². The molecule has 1 aromatic rings. The molecule has 8 heteroatoms. The van der Waals surface area contributed by atoms with Crippen molar-refractivity contribution in [3.05, 3.63) is 57.8 Å². The fourth-order valence-electron chi connectivity index (χ4n) is 2.27. The van der Waals surface area contributed by atoms with Crippen molar-refractivity contribution in [3.63, 3.8) is 0 Å². The maximum atomic E-state index is 12.3. The first-order valence-corrected chi connectivity index (χ1v) is 6.95. The number of nitrogens with zero attached hydrogens (tertiary/aromatic N) is 4. The number of carbonyl (C=O) groups is 2.